The van der Waals surface area contributed by atoms with E-state index in [0.29, 0.717) is 23.8 Å². The SMILES string of the molecule is CCCCn1c(=O)c(CCC(=O)O[C@H](C)C(=O)Nc2ccc([C@@H](C)CC)cc2)nc2ccccc21. The second-order valence-corrected chi connectivity index (χ2v) is 8.91. The molecule has 1 aromatic heterocycles. The predicted octanol–water partition coefficient (Wildman–Crippen LogP) is 5.21. The number of esters is 1. The number of ether oxygens (including phenoxy) is 1. The molecule has 35 heavy (non-hydrogen) atoms. The van der Waals surface area contributed by atoms with Crippen molar-refractivity contribution in [1.82, 2.24) is 9.55 Å². The largest absolute Gasteiger partial charge is 0.453 e. The molecule has 186 valence electrons. The number of nitrogens with zero attached hydrogens (tertiary/aromatic N) is 2. The Kier molecular flexibility index (Phi) is 9.18. The smallest absolute Gasteiger partial charge is 0.306 e. The molecule has 1 amide bonds. The lowest BCUT2D eigenvalue weighted by atomic mass is 9.99. The van der Waals surface area contributed by atoms with E-state index in [1.807, 2.05) is 48.5 Å². The molecule has 3 rings (SSSR count). The number of fused-ring (bicyclic) bond motifs is 1. The Labute approximate surface area is 206 Å². The van der Waals surface area contributed by atoms with Gasteiger partial charge in [-0.05, 0) is 55.5 Å². The van der Waals surface area contributed by atoms with Crippen LogP contribution in [0.3, 0.4) is 0 Å². The first-order valence-corrected chi connectivity index (χ1v) is 12.4. The zero-order chi connectivity index (χ0) is 25.4. The van der Waals surface area contributed by atoms with Gasteiger partial charge in [-0.15, -0.1) is 0 Å². The van der Waals surface area contributed by atoms with Crippen LogP contribution in [0.1, 0.15) is 70.6 Å². The zero-order valence-electron chi connectivity index (χ0n) is 21.0. The lowest BCUT2D eigenvalue weighted by molar-refractivity contribution is -0.153. The van der Waals surface area contributed by atoms with E-state index < -0.39 is 18.0 Å². The Morgan fingerprint density at radius 1 is 1.06 bits per heavy atom. The summed E-state index contributed by atoms with van der Waals surface area (Å²) in [5.41, 5.74) is 3.52. The highest BCUT2D eigenvalue weighted by molar-refractivity contribution is 5.95. The quantitative estimate of drug-likeness (QED) is 0.383. The number of nitrogens with one attached hydrogen (secondary N) is 1. The van der Waals surface area contributed by atoms with Crippen molar-refractivity contribution in [3.05, 3.63) is 70.1 Å². The van der Waals surface area contributed by atoms with Crippen LogP contribution >= 0.6 is 0 Å². The van der Waals surface area contributed by atoms with Gasteiger partial charge in [-0.2, -0.15) is 0 Å². The Balaban J connectivity index is 1.60. The number of rotatable bonds is 11. The third kappa shape index (κ3) is 6.78. The van der Waals surface area contributed by atoms with E-state index >= 15 is 0 Å². The normalized spacial score (nSPS) is 12.8. The molecule has 0 aliphatic heterocycles. The molecular formula is C28H35N3O4. The maximum atomic E-state index is 13.0. The molecular weight excluding hydrogens is 442 g/mol. The predicted molar refractivity (Wildman–Crippen MR) is 139 cm³/mol. The Morgan fingerprint density at radius 2 is 1.77 bits per heavy atom. The lowest BCUT2D eigenvalue weighted by Gasteiger charge is -2.15. The van der Waals surface area contributed by atoms with Crippen LogP contribution in [0, 0.1) is 0 Å². The van der Waals surface area contributed by atoms with Gasteiger partial charge in [-0.25, -0.2) is 4.98 Å². The number of carbonyl (C=O) groups is 2. The van der Waals surface area contributed by atoms with E-state index in [9.17, 15) is 14.4 Å². The summed E-state index contributed by atoms with van der Waals surface area (Å²) >= 11 is 0. The third-order valence-corrected chi connectivity index (χ3v) is 6.26. The highest BCUT2D eigenvalue weighted by Gasteiger charge is 2.19. The Bertz CT molecular complexity index is 1220. The van der Waals surface area contributed by atoms with Gasteiger partial charge in [0.15, 0.2) is 6.10 Å². The van der Waals surface area contributed by atoms with Crippen LogP contribution in [0.25, 0.3) is 11.0 Å². The van der Waals surface area contributed by atoms with Crippen LogP contribution < -0.4 is 10.9 Å². The average molecular weight is 478 g/mol. The van der Waals surface area contributed by atoms with Crippen molar-refractivity contribution in [3.63, 3.8) is 0 Å². The van der Waals surface area contributed by atoms with Crippen LogP contribution in [-0.4, -0.2) is 27.5 Å². The molecule has 0 radical (unpaired) electrons. The van der Waals surface area contributed by atoms with E-state index in [1.54, 1.807) is 4.57 Å². The number of aryl methyl sites for hydroxylation is 2. The van der Waals surface area contributed by atoms with Crippen LogP contribution in [0.2, 0.25) is 0 Å². The van der Waals surface area contributed by atoms with Crippen LogP contribution in [-0.2, 0) is 27.3 Å². The molecule has 0 spiro atoms. The zero-order valence-corrected chi connectivity index (χ0v) is 21.0. The summed E-state index contributed by atoms with van der Waals surface area (Å²) in [6.45, 7) is 8.50. The Hall–Kier alpha value is -3.48. The number of para-hydroxylation sites is 2. The first-order chi connectivity index (χ1) is 16.8. The van der Waals surface area contributed by atoms with Crippen molar-refractivity contribution in [2.24, 2.45) is 0 Å². The summed E-state index contributed by atoms with van der Waals surface area (Å²) in [7, 11) is 0. The molecule has 1 heterocycles. The lowest BCUT2D eigenvalue weighted by Crippen LogP contribution is -2.30. The van der Waals surface area contributed by atoms with E-state index in [1.165, 1.54) is 12.5 Å². The number of unbranched alkanes of at least 4 members (excludes halogenated alkanes) is 1. The van der Waals surface area contributed by atoms with Crippen LogP contribution in [0.5, 0.6) is 0 Å². The van der Waals surface area contributed by atoms with E-state index in [2.05, 4.69) is 31.1 Å². The topological polar surface area (TPSA) is 90.3 Å². The maximum absolute atomic E-state index is 13.0. The summed E-state index contributed by atoms with van der Waals surface area (Å²) < 4.78 is 7.05. The van der Waals surface area contributed by atoms with E-state index in [0.717, 1.165) is 30.3 Å². The molecule has 0 unspecified atom stereocenters. The van der Waals surface area contributed by atoms with Gasteiger partial charge in [0.2, 0.25) is 0 Å². The summed E-state index contributed by atoms with van der Waals surface area (Å²) in [4.78, 5) is 42.4. The number of hydrogen-bond donors (Lipinski definition) is 1. The number of aromatic nitrogens is 2. The van der Waals surface area contributed by atoms with Crippen molar-refractivity contribution >= 4 is 28.6 Å². The molecule has 2 atom stereocenters. The van der Waals surface area contributed by atoms with Crippen molar-refractivity contribution in [1.29, 1.82) is 0 Å². The van der Waals surface area contributed by atoms with Gasteiger partial charge in [0.05, 0.1) is 17.5 Å². The Morgan fingerprint density at radius 3 is 2.46 bits per heavy atom. The molecule has 0 saturated heterocycles. The molecule has 2 aromatic carbocycles. The van der Waals surface area contributed by atoms with Crippen molar-refractivity contribution in [2.75, 3.05) is 5.32 Å². The number of carbonyl (C=O) groups excluding carboxylic acids is 2. The van der Waals surface area contributed by atoms with Gasteiger partial charge >= 0.3 is 5.97 Å². The number of benzene rings is 2. The molecule has 0 saturated carbocycles. The summed E-state index contributed by atoms with van der Waals surface area (Å²) in [5, 5.41) is 2.78. The minimum absolute atomic E-state index is 0.0322. The fraction of sp³-hybridized carbons (Fsp3) is 0.429. The maximum Gasteiger partial charge on any atom is 0.306 e. The van der Waals surface area contributed by atoms with E-state index in [4.69, 9.17) is 4.74 Å². The first-order valence-electron chi connectivity index (χ1n) is 12.4. The minimum atomic E-state index is -0.956. The van der Waals surface area contributed by atoms with Crippen molar-refractivity contribution in [2.45, 2.75) is 78.4 Å². The molecule has 0 aliphatic rings. The highest BCUT2D eigenvalue weighted by atomic mass is 16.5. The van der Waals surface area contributed by atoms with Gasteiger partial charge < -0.3 is 14.6 Å². The fourth-order valence-corrected chi connectivity index (χ4v) is 3.85. The summed E-state index contributed by atoms with van der Waals surface area (Å²) in [6, 6.07) is 15.2. The average Bonchev–Trinajstić information content (AvgIpc) is 2.87. The van der Waals surface area contributed by atoms with Crippen molar-refractivity contribution < 1.29 is 14.3 Å². The van der Waals surface area contributed by atoms with Crippen LogP contribution in [0.15, 0.2) is 53.3 Å². The standard InChI is InChI=1S/C28H35N3O4/c1-5-7-18-31-25-11-9-8-10-23(25)30-24(28(31)34)16-17-26(32)35-20(4)27(33)29-22-14-12-21(13-15-22)19(3)6-2/h8-15,19-20H,5-7,16-18H2,1-4H3,(H,29,33)/t19-,20+/m0/s1. The fourth-order valence-electron chi connectivity index (χ4n) is 3.85. The number of anilines is 1. The summed E-state index contributed by atoms with van der Waals surface area (Å²) in [6.07, 6.45) is 2.05. The van der Waals surface area contributed by atoms with Gasteiger partial charge in [-0.1, -0.05) is 51.5 Å². The van der Waals surface area contributed by atoms with E-state index in [-0.39, 0.29) is 18.4 Å². The van der Waals surface area contributed by atoms with Gasteiger partial charge in [0.25, 0.3) is 11.5 Å². The second-order valence-electron chi connectivity index (χ2n) is 8.91. The van der Waals surface area contributed by atoms with Gasteiger partial charge in [-0.3, -0.25) is 14.4 Å². The first kappa shape index (κ1) is 26.1. The van der Waals surface area contributed by atoms with Crippen LogP contribution in [0.4, 0.5) is 5.69 Å². The molecule has 1 N–H and O–H groups in total. The minimum Gasteiger partial charge on any atom is -0.453 e. The highest BCUT2D eigenvalue weighted by Crippen LogP contribution is 2.20. The molecule has 0 bridgehead atoms. The molecule has 7 heteroatoms. The van der Waals surface area contributed by atoms with Gasteiger partial charge in [0, 0.05) is 18.7 Å². The number of hydrogen-bond acceptors (Lipinski definition) is 5. The third-order valence-electron chi connectivity index (χ3n) is 6.26. The molecule has 0 aliphatic carbocycles. The van der Waals surface area contributed by atoms with Gasteiger partial charge in [0.1, 0.15) is 5.69 Å². The van der Waals surface area contributed by atoms with Crippen molar-refractivity contribution in [3.8, 4) is 0 Å². The molecule has 0 fully saturated rings. The molecule has 7 nitrogen and oxygen atoms in total. The number of amides is 1. The summed E-state index contributed by atoms with van der Waals surface area (Å²) in [5.74, 6) is -0.498. The molecule has 3 aromatic rings. The monoisotopic (exact) mass is 477 g/mol. The second kappa shape index (κ2) is 12.3.